The summed E-state index contributed by atoms with van der Waals surface area (Å²) in [5.74, 6) is -10.2. The minimum absolute atomic E-state index is 0.0239. The van der Waals surface area contributed by atoms with Crippen molar-refractivity contribution in [1.82, 2.24) is 55.6 Å². The number of likely N-dealkylation sites (N-methyl/N-ethyl adjacent to an activating group) is 7. The number of hydrogen-bond donors (Lipinski definition) is 5. The minimum atomic E-state index is -1.61. The van der Waals surface area contributed by atoms with Gasteiger partial charge in [0.2, 0.25) is 59.1 Å². The number of aliphatic hydroxyl groups is 1. The van der Waals surface area contributed by atoms with Gasteiger partial charge in [-0.1, -0.05) is 104 Å². The molecule has 482 valence electrons. The fraction of sp³-hybridized carbons (Fsp3) is 0.820. The van der Waals surface area contributed by atoms with Gasteiger partial charge in [0.15, 0.2) is 5.78 Å². The molecule has 0 spiro atoms. The van der Waals surface area contributed by atoms with Crippen LogP contribution in [-0.2, 0) is 52.7 Å². The van der Waals surface area contributed by atoms with Crippen molar-refractivity contribution in [2.45, 2.75) is 210 Å². The van der Waals surface area contributed by atoms with E-state index in [0.717, 1.165) is 9.80 Å². The van der Waals surface area contributed by atoms with Crippen molar-refractivity contribution in [3.8, 4) is 0 Å². The van der Waals surface area contributed by atoms with E-state index in [4.69, 9.17) is 0 Å². The molecule has 0 aromatic heterocycles. The van der Waals surface area contributed by atoms with Gasteiger partial charge in [0, 0.05) is 61.7 Å². The normalized spacial score (nSPS) is 27.1. The van der Waals surface area contributed by atoms with Crippen LogP contribution in [0.15, 0.2) is 0 Å². The average Bonchev–Trinajstić information content (AvgIpc) is 2.71. The maximum atomic E-state index is 15.1. The highest BCUT2D eigenvalue weighted by molar-refractivity contribution is 5.99. The summed E-state index contributed by atoms with van der Waals surface area (Å²) in [5.41, 5.74) is 0. The Hall–Kier alpha value is -5.71. The average molecular weight is 1190 g/mol. The number of nitrogens with one attached hydrogen (secondary N) is 4. The number of amides is 10. The third-order valence-electron chi connectivity index (χ3n) is 16.1. The zero-order valence-corrected chi connectivity index (χ0v) is 55.6. The summed E-state index contributed by atoms with van der Waals surface area (Å²) in [6, 6.07) is -10.9. The molecule has 1 saturated heterocycles. The van der Waals surface area contributed by atoms with Gasteiger partial charge >= 0.3 is 0 Å². The predicted molar refractivity (Wildman–Crippen MR) is 324 cm³/mol. The van der Waals surface area contributed by atoms with E-state index in [1.807, 2.05) is 55.4 Å². The SMILES string of the molecule is CC[C@H]1NC(=O)[C@@H]([C@H](O)[C@H](C)CNC)N(C)C(=O)[C@@H](C(C)C)N(C)C(=O)[C@@H](CC(C)C)N(C)C(=O)[C@@H](CC(C)C)N(C)C(=O)[C@H](C)CC(=O)[C@@H](C)NC(=O)[C@@H](CC(C)C)N(C)C(=O)[C@@H](C(C)C)NC(=O)[C@H](CC(C)C)N(C)C(=O)CN(C)C1=O. The molecule has 5 N–H and O–H groups in total. The molecule has 0 aromatic carbocycles. The van der Waals surface area contributed by atoms with Crippen LogP contribution < -0.4 is 21.3 Å². The number of carbonyl (C=O) groups excluding carboxylic acids is 11. The van der Waals surface area contributed by atoms with E-state index in [9.17, 15) is 48.3 Å². The van der Waals surface area contributed by atoms with E-state index < -0.39 is 156 Å². The van der Waals surface area contributed by atoms with Crippen LogP contribution in [0.5, 0.6) is 0 Å². The lowest BCUT2D eigenvalue weighted by atomic mass is 9.93. The van der Waals surface area contributed by atoms with E-state index in [1.165, 1.54) is 80.8 Å². The lowest BCUT2D eigenvalue weighted by Crippen LogP contribution is -2.63. The number of ketones is 1. The largest absolute Gasteiger partial charge is 0.390 e. The number of nitrogens with zero attached hydrogens (tertiary/aromatic N) is 7. The Morgan fingerprint density at radius 2 is 0.905 bits per heavy atom. The molecule has 1 heterocycles. The van der Waals surface area contributed by atoms with Gasteiger partial charge in [0.1, 0.15) is 48.3 Å². The molecule has 0 saturated carbocycles. The van der Waals surface area contributed by atoms with E-state index in [-0.39, 0.29) is 68.7 Å². The van der Waals surface area contributed by atoms with Crippen LogP contribution in [-0.4, -0.2) is 234 Å². The van der Waals surface area contributed by atoms with Gasteiger partial charge in [-0.15, -0.1) is 0 Å². The number of Topliss-reactive ketones (excluding diaryl/α,β-unsaturated/α-hetero) is 1. The Bertz CT molecular complexity index is 2260. The number of rotatable bonds is 15. The summed E-state index contributed by atoms with van der Waals surface area (Å²) in [6.07, 6.45) is -1.12. The first-order valence-electron chi connectivity index (χ1n) is 30.3. The van der Waals surface area contributed by atoms with E-state index >= 15 is 9.59 Å². The molecule has 1 rings (SSSR count). The third-order valence-corrected chi connectivity index (χ3v) is 16.1. The van der Waals surface area contributed by atoms with Gasteiger partial charge < -0.3 is 60.7 Å². The van der Waals surface area contributed by atoms with E-state index in [2.05, 4.69) is 21.3 Å². The first kappa shape index (κ1) is 76.3. The summed E-state index contributed by atoms with van der Waals surface area (Å²) in [6.45, 7) is 28.0. The lowest BCUT2D eigenvalue weighted by Gasteiger charge is -2.41. The Kier molecular flexibility index (Phi) is 31.3. The molecular formula is C61H111N11O12. The van der Waals surface area contributed by atoms with Gasteiger partial charge in [-0.25, -0.2) is 0 Å². The molecule has 0 bridgehead atoms. The monoisotopic (exact) mass is 1190 g/mol. The van der Waals surface area contributed by atoms with Crippen LogP contribution in [0.3, 0.4) is 0 Å². The van der Waals surface area contributed by atoms with Crippen molar-refractivity contribution in [2.75, 3.05) is 69.5 Å². The fourth-order valence-corrected chi connectivity index (χ4v) is 10.9. The molecule has 23 nitrogen and oxygen atoms in total. The minimum Gasteiger partial charge on any atom is -0.390 e. The molecule has 0 radical (unpaired) electrons. The molecule has 23 heteroatoms. The summed E-state index contributed by atoms with van der Waals surface area (Å²) < 4.78 is 0. The van der Waals surface area contributed by atoms with Gasteiger partial charge in [-0.2, -0.15) is 0 Å². The molecule has 1 fully saturated rings. The molecule has 1 aliphatic heterocycles. The van der Waals surface area contributed by atoms with Crippen LogP contribution in [0.25, 0.3) is 0 Å². The second-order valence-electron chi connectivity index (χ2n) is 26.2. The smallest absolute Gasteiger partial charge is 0.246 e. The molecule has 0 aromatic rings. The van der Waals surface area contributed by atoms with Crippen molar-refractivity contribution < 1.29 is 57.8 Å². The van der Waals surface area contributed by atoms with Gasteiger partial charge in [0.05, 0.1) is 18.7 Å². The highest BCUT2D eigenvalue weighted by Gasteiger charge is 2.46. The standard InChI is InChI=1S/C61H111N11O12/c1-25-42-57(80)66(18)32-48(74)67(19)43(26-33(2)3)54(77)65-49(37(10)11)60(83)68(20)44(27-34(4)5)53(76)63-41(16)47(73)30-39(14)56(79)69(21)45(28-35(6)7)58(81)70(22)46(29-36(8)9)59(82)71(23)50(38(12)13)61(84)72(24)51(55(78)64-42)52(75)40(15)31-62-17/h33-46,49-52,62,75H,25-32H2,1-24H3,(H,63,76)(H,64,78)(H,65,77)/t39-,40-,41-,42-,43+,44-,45-,46-,49-,50-,51-,52-/m1/s1. The van der Waals surface area contributed by atoms with Crippen molar-refractivity contribution in [3.63, 3.8) is 0 Å². The van der Waals surface area contributed by atoms with E-state index in [1.54, 1.807) is 55.5 Å². The Labute approximate surface area is 503 Å². The predicted octanol–water partition coefficient (Wildman–Crippen LogP) is 2.61. The quantitative estimate of drug-likeness (QED) is 0.158. The summed E-state index contributed by atoms with van der Waals surface area (Å²) in [7, 11) is 11.6. The van der Waals surface area contributed by atoms with Gasteiger partial charge in [0.25, 0.3) is 0 Å². The van der Waals surface area contributed by atoms with Crippen LogP contribution in [0, 0.1) is 47.3 Å². The molecule has 10 amide bonds. The van der Waals surface area contributed by atoms with Crippen LogP contribution in [0.1, 0.15) is 149 Å². The number of carbonyl (C=O) groups is 11. The zero-order valence-electron chi connectivity index (χ0n) is 55.6. The summed E-state index contributed by atoms with van der Waals surface area (Å²) in [4.78, 5) is 169. The van der Waals surface area contributed by atoms with E-state index in [0.29, 0.717) is 0 Å². The van der Waals surface area contributed by atoms with Crippen LogP contribution in [0.4, 0.5) is 0 Å². The molecule has 12 atom stereocenters. The second-order valence-corrected chi connectivity index (χ2v) is 26.2. The molecule has 84 heavy (non-hydrogen) atoms. The topological polar surface area (TPSA) is 279 Å². The van der Waals surface area contributed by atoms with Crippen molar-refractivity contribution in [3.05, 3.63) is 0 Å². The van der Waals surface area contributed by atoms with Crippen molar-refractivity contribution in [1.29, 1.82) is 0 Å². The molecule has 0 unspecified atom stereocenters. The van der Waals surface area contributed by atoms with Crippen molar-refractivity contribution in [2.24, 2.45) is 47.3 Å². The first-order chi connectivity index (χ1) is 38.7. The van der Waals surface area contributed by atoms with Crippen molar-refractivity contribution >= 4 is 64.9 Å². The molecule has 0 aliphatic carbocycles. The number of aliphatic hydroxyl groups excluding tert-OH is 1. The highest BCUT2D eigenvalue weighted by atomic mass is 16.3. The maximum Gasteiger partial charge on any atom is 0.246 e. The third kappa shape index (κ3) is 21.1. The zero-order chi connectivity index (χ0) is 65.3. The van der Waals surface area contributed by atoms with Gasteiger partial charge in [-0.05, 0) is 94.0 Å². The fourth-order valence-electron chi connectivity index (χ4n) is 10.9. The Morgan fingerprint density at radius 1 is 0.488 bits per heavy atom. The Morgan fingerprint density at radius 3 is 1.35 bits per heavy atom. The number of hydrogen-bond acceptors (Lipinski definition) is 13. The second kappa shape index (κ2) is 34.4. The Balaban J connectivity index is 4.30. The maximum absolute atomic E-state index is 15.1. The van der Waals surface area contributed by atoms with Crippen LogP contribution >= 0.6 is 0 Å². The van der Waals surface area contributed by atoms with Gasteiger partial charge in [-0.3, -0.25) is 52.7 Å². The van der Waals surface area contributed by atoms with Crippen LogP contribution in [0.2, 0.25) is 0 Å². The summed E-state index contributed by atoms with van der Waals surface area (Å²) in [5, 5.41) is 23.3. The lowest BCUT2D eigenvalue weighted by molar-refractivity contribution is -0.157. The summed E-state index contributed by atoms with van der Waals surface area (Å²) >= 11 is 0. The first-order valence-corrected chi connectivity index (χ1v) is 30.3. The molecule has 1 aliphatic rings. The highest BCUT2D eigenvalue weighted by Crippen LogP contribution is 2.26. The molecular weight excluding hydrogens is 1080 g/mol.